The number of anilines is 2. The van der Waals surface area contributed by atoms with Gasteiger partial charge in [0.05, 0.1) is 15.3 Å². The number of halogens is 2. The number of nitrogens with zero attached hydrogens (tertiary/aromatic N) is 5. The Hall–Kier alpha value is -1.28. The van der Waals surface area contributed by atoms with Crippen molar-refractivity contribution in [1.29, 1.82) is 0 Å². The third-order valence-electron chi connectivity index (χ3n) is 4.01. The number of nitrogens with two attached hydrogens (primary N) is 1. The molecule has 0 aliphatic carbocycles. The molecule has 25 heavy (non-hydrogen) atoms. The van der Waals surface area contributed by atoms with E-state index in [1.807, 2.05) is 19.1 Å². The van der Waals surface area contributed by atoms with Crippen LogP contribution in [0.1, 0.15) is 18.0 Å². The van der Waals surface area contributed by atoms with Crippen molar-refractivity contribution in [2.45, 2.75) is 17.1 Å². The normalized spacial score (nSPS) is 16.9. The van der Waals surface area contributed by atoms with Gasteiger partial charge in [-0.2, -0.15) is 15.0 Å². The topological polar surface area (TPSA) is 71.2 Å². The van der Waals surface area contributed by atoms with Gasteiger partial charge in [0.1, 0.15) is 5.82 Å². The molecule has 0 bridgehead atoms. The maximum atomic E-state index is 6.09. The number of aromatic nitrogens is 3. The van der Waals surface area contributed by atoms with Crippen LogP contribution in [0.15, 0.2) is 23.1 Å². The van der Waals surface area contributed by atoms with Crippen LogP contribution < -0.4 is 10.6 Å². The molecule has 0 spiro atoms. The van der Waals surface area contributed by atoms with Gasteiger partial charge >= 0.3 is 0 Å². The van der Waals surface area contributed by atoms with Crippen LogP contribution in [-0.4, -0.2) is 53.1 Å². The molecule has 1 aromatic heterocycles. The van der Waals surface area contributed by atoms with E-state index in [0.29, 0.717) is 21.8 Å². The number of hydrogen-bond acceptors (Lipinski definition) is 7. The largest absolute Gasteiger partial charge is 0.368 e. The molecule has 9 heteroatoms. The van der Waals surface area contributed by atoms with Gasteiger partial charge in [0.15, 0.2) is 0 Å². The minimum atomic E-state index is 0.00811. The minimum absolute atomic E-state index is 0.00811. The predicted molar refractivity (Wildman–Crippen MR) is 105 cm³/mol. The Morgan fingerprint density at radius 2 is 1.80 bits per heavy atom. The summed E-state index contributed by atoms with van der Waals surface area (Å²) >= 11 is 13.7. The number of hydrogen-bond donors (Lipinski definition) is 1. The van der Waals surface area contributed by atoms with Gasteiger partial charge in [0.25, 0.3) is 0 Å². The molecule has 2 heterocycles. The summed E-state index contributed by atoms with van der Waals surface area (Å²) in [4.78, 5) is 18.7. The average molecular weight is 399 g/mol. The van der Waals surface area contributed by atoms with Gasteiger partial charge in [-0.3, -0.25) is 0 Å². The highest BCUT2D eigenvalue weighted by Gasteiger charge is 2.20. The number of benzene rings is 1. The fourth-order valence-electron chi connectivity index (χ4n) is 2.53. The molecule has 2 N–H and O–H groups in total. The maximum absolute atomic E-state index is 6.09. The number of nitrogen functional groups attached to an aromatic ring is 1. The number of rotatable bonds is 4. The van der Waals surface area contributed by atoms with Crippen LogP contribution in [0.5, 0.6) is 0 Å². The minimum Gasteiger partial charge on any atom is -0.368 e. The summed E-state index contributed by atoms with van der Waals surface area (Å²) in [6.45, 7) is 5.76. The predicted octanol–water partition coefficient (Wildman–Crippen LogP) is 3.37. The molecule has 0 amide bonds. The smallest absolute Gasteiger partial charge is 0.230 e. The van der Waals surface area contributed by atoms with E-state index < -0.39 is 0 Å². The molecule has 6 nitrogen and oxygen atoms in total. The van der Waals surface area contributed by atoms with Gasteiger partial charge in [0, 0.05) is 31.1 Å². The zero-order valence-electron chi connectivity index (χ0n) is 14.1. The molecular weight excluding hydrogens is 379 g/mol. The lowest BCUT2D eigenvalue weighted by atomic mass is 10.3. The van der Waals surface area contributed by atoms with E-state index in [1.54, 1.807) is 17.8 Å². The van der Waals surface area contributed by atoms with Gasteiger partial charge in [0.2, 0.25) is 11.9 Å². The number of piperazine rings is 1. The highest BCUT2D eigenvalue weighted by Crippen LogP contribution is 2.36. The van der Waals surface area contributed by atoms with Crippen molar-refractivity contribution in [1.82, 2.24) is 19.9 Å². The lowest BCUT2D eigenvalue weighted by molar-refractivity contribution is 0.311. The van der Waals surface area contributed by atoms with E-state index in [1.165, 1.54) is 0 Å². The number of thioether (sulfide) groups is 1. The van der Waals surface area contributed by atoms with Gasteiger partial charge < -0.3 is 15.5 Å². The average Bonchev–Trinajstić information content (AvgIpc) is 2.58. The van der Waals surface area contributed by atoms with Crippen LogP contribution in [0.3, 0.4) is 0 Å². The lowest BCUT2D eigenvalue weighted by Gasteiger charge is -2.32. The zero-order valence-corrected chi connectivity index (χ0v) is 16.4. The maximum Gasteiger partial charge on any atom is 0.230 e. The standard InChI is InChI=1S/C16H20Cl2N6S/c1-10(25-11-3-4-12(17)13(18)9-11)14-20-15(19)22-16(21-14)24-7-5-23(2)6-8-24/h3-4,9-10H,5-8H2,1-2H3,(H2,19,20,21,22). The molecule has 1 saturated heterocycles. The first-order valence-electron chi connectivity index (χ1n) is 7.99. The molecule has 0 saturated carbocycles. The molecule has 1 atom stereocenters. The van der Waals surface area contributed by atoms with E-state index in [2.05, 4.69) is 31.8 Å². The highest BCUT2D eigenvalue weighted by atomic mass is 35.5. The Morgan fingerprint density at radius 1 is 1.08 bits per heavy atom. The van der Waals surface area contributed by atoms with Crippen LogP contribution >= 0.6 is 35.0 Å². The summed E-state index contributed by atoms with van der Waals surface area (Å²) in [7, 11) is 2.11. The Bertz CT molecular complexity index is 751. The zero-order chi connectivity index (χ0) is 18.0. The summed E-state index contributed by atoms with van der Waals surface area (Å²) in [6, 6.07) is 5.56. The van der Waals surface area contributed by atoms with Gasteiger partial charge in [-0.05, 0) is 32.2 Å². The Kier molecular flexibility index (Phi) is 5.89. The van der Waals surface area contributed by atoms with Crippen molar-refractivity contribution in [2.24, 2.45) is 0 Å². The van der Waals surface area contributed by atoms with Crippen molar-refractivity contribution in [3.63, 3.8) is 0 Å². The first-order valence-corrected chi connectivity index (χ1v) is 9.62. The molecule has 2 aromatic rings. The first kappa shape index (κ1) is 18.5. The summed E-state index contributed by atoms with van der Waals surface area (Å²) in [5, 5.41) is 1.08. The van der Waals surface area contributed by atoms with Crippen LogP contribution in [0, 0.1) is 0 Å². The van der Waals surface area contributed by atoms with E-state index >= 15 is 0 Å². The van der Waals surface area contributed by atoms with Crippen molar-refractivity contribution in [3.05, 3.63) is 34.1 Å². The summed E-state index contributed by atoms with van der Waals surface area (Å²) in [5.74, 6) is 1.57. The monoisotopic (exact) mass is 398 g/mol. The van der Waals surface area contributed by atoms with Crippen LogP contribution in [0.25, 0.3) is 0 Å². The summed E-state index contributed by atoms with van der Waals surface area (Å²) < 4.78 is 0. The molecule has 1 aromatic carbocycles. The van der Waals surface area contributed by atoms with E-state index in [9.17, 15) is 0 Å². The van der Waals surface area contributed by atoms with Gasteiger partial charge in [-0.25, -0.2) is 0 Å². The molecule has 0 radical (unpaired) electrons. The van der Waals surface area contributed by atoms with E-state index in [0.717, 1.165) is 31.1 Å². The molecule has 3 rings (SSSR count). The second-order valence-electron chi connectivity index (χ2n) is 5.98. The first-order chi connectivity index (χ1) is 11.9. The van der Waals surface area contributed by atoms with E-state index in [4.69, 9.17) is 28.9 Å². The van der Waals surface area contributed by atoms with Gasteiger partial charge in [-0.15, -0.1) is 11.8 Å². The van der Waals surface area contributed by atoms with Crippen LogP contribution in [0.2, 0.25) is 10.0 Å². The van der Waals surface area contributed by atoms with Crippen molar-refractivity contribution >= 4 is 46.9 Å². The number of likely N-dealkylation sites (N-methyl/N-ethyl adjacent to an activating group) is 1. The third-order valence-corrected chi connectivity index (χ3v) is 5.84. The highest BCUT2D eigenvalue weighted by molar-refractivity contribution is 7.99. The molecule has 134 valence electrons. The molecular formula is C16H20Cl2N6S. The van der Waals surface area contributed by atoms with E-state index in [-0.39, 0.29) is 11.2 Å². The van der Waals surface area contributed by atoms with Crippen molar-refractivity contribution in [2.75, 3.05) is 43.9 Å². The quantitative estimate of drug-likeness (QED) is 0.791. The fourth-order valence-corrected chi connectivity index (χ4v) is 3.85. The van der Waals surface area contributed by atoms with Crippen LogP contribution in [-0.2, 0) is 0 Å². The Balaban J connectivity index is 1.77. The fraction of sp³-hybridized carbons (Fsp3) is 0.438. The van der Waals surface area contributed by atoms with Gasteiger partial charge in [-0.1, -0.05) is 23.2 Å². The lowest BCUT2D eigenvalue weighted by Crippen LogP contribution is -2.45. The molecule has 1 aliphatic rings. The van der Waals surface area contributed by atoms with Crippen molar-refractivity contribution in [3.8, 4) is 0 Å². The van der Waals surface area contributed by atoms with Crippen LogP contribution in [0.4, 0.5) is 11.9 Å². The van der Waals surface area contributed by atoms with Crippen molar-refractivity contribution < 1.29 is 0 Å². The Labute approximate surface area is 161 Å². The second-order valence-corrected chi connectivity index (χ2v) is 8.21. The summed E-state index contributed by atoms with van der Waals surface area (Å²) in [6.07, 6.45) is 0. The molecule has 1 fully saturated rings. The third kappa shape index (κ3) is 4.67. The second kappa shape index (κ2) is 7.95. The molecule has 1 aliphatic heterocycles. The summed E-state index contributed by atoms with van der Waals surface area (Å²) in [5.41, 5.74) is 5.92. The molecule has 1 unspecified atom stereocenters. The SMILES string of the molecule is CC(Sc1ccc(Cl)c(Cl)c1)c1nc(N)nc(N2CCN(C)CC2)n1. The Morgan fingerprint density at radius 3 is 2.48 bits per heavy atom.